The van der Waals surface area contributed by atoms with Crippen molar-refractivity contribution in [1.29, 1.82) is 0 Å². The van der Waals surface area contributed by atoms with E-state index in [0.29, 0.717) is 6.04 Å². The molecule has 1 fully saturated rings. The summed E-state index contributed by atoms with van der Waals surface area (Å²) in [5, 5.41) is 7.99. The molecule has 0 bridgehead atoms. The van der Waals surface area contributed by atoms with Gasteiger partial charge in [-0.1, -0.05) is 6.92 Å². The minimum Gasteiger partial charge on any atom is -0.357 e. The number of nitrogens with one attached hydrogen (secondary N) is 2. The third-order valence-corrected chi connectivity index (χ3v) is 5.80. The molecule has 0 saturated carbocycles. The summed E-state index contributed by atoms with van der Waals surface area (Å²) >= 11 is 1.81. The highest BCUT2D eigenvalue weighted by Gasteiger charge is 2.18. The van der Waals surface area contributed by atoms with E-state index in [1.807, 2.05) is 17.5 Å². The molecular weight excluding hydrogens is 332 g/mol. The van der Waals surface area contributed by atoms with Crippen molar-refractivity contribution in [2.45, 2.75) is 39.7 Å². The van der Waals surface area contributed by atoms with E-state index in [4.69, 9.17) is 4.99 Å². The van der Waals surface area contributed by atoms with E-state index < -0.39 is 0 Å². The monoisotopic (exact) mass is 366 g/mol. The molecule has 6 nitrogen and oxygen atoms in total. The van der Waals surface area contributed by atoms with Crippen LogP contribution in [0.5, 0.6) is 0 Å². The van der Waals surface area contributed by atoms with Gasteiger partial charge >= 0.3 is 0 Å². The molecule has 2 heterocycles. The van der Waals surface area contributed by atoms with Crippen LogP contribution in [0, 0.1) is 0 Å². The van der Waals surface area contributed by atoms with Gasteiger partial charge in [-0.2, -0.15) is 0 Å². The number of hydrogen-bond donors (Lipinski definition) is 2. The van der Waals surface area contributed by atoms with Crippen LogP contribution in [0.15, 0.2) is 11.2 Å². The lowest BCUT2D eigenvalue weighted by atomic mass is 10.2. The molecular formula is C18H34N6S. The molecule has 25 heavy (non-hydrogen) atoms. The fourth-order valence-electron chi connectivity index (χ4n) is 2.86. The Labute approximate surface area is 156 Å². The van der Waals surface area contributed by atoms with Crippen LogP contribution in [0.2, 0.25) is 0 Å². The summed E-state index contributed by atoms with van der Waals surface area (Å²) in [5.41, 5.74) is 0. The maximum absolute atomic E-state index is 4.78. The van der Waals surface area contributed by atoms with E-state index in [0.717, 1.165) is 64.6 Å². The normalized spacial score (nSPS) is 18.3. The first kappa shape index (κ1) is 20.1. The highest BCUT2D eigenvalue weighted by atomic mass is 32.1. The Balaban J connectivity index is 1.76. The Morgan fingerprint density at radius 1 is 1.28 bits per heavy atom. The Morgan fingerprint density at radius 2 is 2.04 bits per heavy atom. The van der Waals surface area contributed by atoms with Crippen LogP contribution in [0.4, 0.5) is 0 Å². The number of rotatable bonds is 8. The minimum absolute atomic E-state index is 0.482. The average Bonchev–Trinajstić information content (AvgIpc) is 3.08. The fraction of sp³-hybridized carbons (Fsp3) is 0.778. The number of aliphatic imine (C=N–C) groups is 1. The second-order valence-corrected chi connectivity index (χ2v) is 7.86. The molecule has 1 unspecified atom stereocenters. The van der Waals surface area contributed by atoms with Crippen LogP contribution in [0.1, 0.15) is 30.7 Å². The molecule has 0 amide bonds. The first-order chi connectivity index (χ1) is 12.1. The van der Waals surface area contributed by atoms with Crippen molar-refractivity contribution < 1.29 is 0 Å². The standard InChI is InChI=1S/C18H34N6S/c1-5-16-14-21-17(25-16)7-8-20-18(19-6-2)22-13-15(3)24-11-9-23(4)10-12-24/h14-15H,5-13H2,1-4H3,(H2,19,20,22). The molecule has 1 aliphatic heterocycles. The summed E-state index contributed by atoms with van der Waals surface area (Å²) in [5.74, 6) is 0.913. The molecule has 1 aromatic rings. The number of piperazine rings is 1. The summed E-state index contributed by atoms with van der Waals surface area (Å²) in [6.07, 6.45) is 4.01. The van der Waals surface area contributed by atoms with Gasteiger partial charge < -0.3 is 15.5 Å². The Bertz CT molecular complexity index is 521. The molecule has 7 heteroatoms. The van der Waals surface area contributed by atoms with Gasteiger partial charge in [0.05, 0.1) is 11.6 Å². The van der Waals surface area contributed by atoms with Crippen LogP contribution < -0.4 is 10.6 Å². The first-order valence-electron chi connectivity index (χ1n) is 9.50. The highest BCUT2D eigenvalue weighted by Crippen LogP contribution is 2.13. The Morgan fingerprint density at radius 3 is 2.68 bits per heavy atom. The van der Waals surface area contributed by atoms with Gasteiger partial charge in [0.2, 0.25) is 0 Å². The number of hydrogen-bond acceptors (Lipinski definition) is 5. The molecule has 1 atom stereocenters. The minimum atomic E-state index is 0.482. The third kappa shape index (κ3) is 6.92. The lowest BCUT2D eigenvalue weighted by Gasteiger charge is -2.35. The van der Waals surface area contributed by atoms with Gasteiger partial charge in [0.1, 0.15) is 0 Å². The predicted octanol–water partition coefficient (Wildman–Crippen LogP) is 1.44. The number of aromatic nitrogens is 1. The second-order valence-electron chi connectivity index (χ2n) is 6.66. The van der Waals surface area contributed by atoms with Crippen molar-refractivity contribution in [3.63, 3.8) is 0 Å². The highest BCUT2D eigenvalue weighted by molar-refractivity contribution is 7.11. The van der Waals surface area contributed by atoms with Crippen molar-refractivity contribution in [2.75, 3.05) is 52.9 Å². The smallest absolute Gasteiger partial charge is 0.191 e. The molecule has 2 rings (SSSR count). The lowest BCUT2D eigenvalue weighted by Crippen LogP contribution is -2.49. The maximum Gasteiger partial charge on any atom is 0.191 e. The quantitative estimate of drug-likeness (QED) is 0.539. The molecule has 0 aromatic carbocycles. The van der Waals surface area contributed by atoms with Gasteiger partial charge in [-0.05, 0) is 27.3 Å². The van der Waals surface area contributed by atoms with E-state index in [1.54, 1.807) is 0 Å². The third-order valence-electron chi connectivity index (χ3n) is 4.60. The number of guanidine groups is 1. The second kappa shape index (κ2) is 10.7. The Hall–Kier alpha value is -1.18. The van der Waals surface area contributed by atoms with Crippen molar-refractivity contribution in [3.8, 4) is 0 Å². The molecule has 0 aliphatic carbocycles. The molecule has 1 aliphatic rings. The molecule has 1 aromatic heterocycles. The number of thiazole rings is 1. The molecule has 142 valence electrons. The summed E-state index contributed by atoms with van der Waals surface area (Å²) in [6, 6.07) is 0.482. The largest absolute Gasteiger partial charge is 0.357 e. The van der Waals surface area contributed by atoms with Gasteiger partial charge in [-0.3, -0.25) is 9.89 Å². The molecule has 1 saturated heterocycles. The van der Waals surface area contributed by atoms with Crippen LogP contribution in [-0.4, -0.2) is 79.6 Å². The van der Waals surface area contributed by atoms with Gasteiger partial charge in [-0.15, -0.1) is 11.3 Å². The Kier molecular flexibility index (Phi) is 8.64. The van der Waals surface area contributed by atoms with Gasteiger partial charge in [0.25, 0.3) is 0 Å². The maximum atomic E-state index is 4.78. The summed E-state index contributed by atoms with van der Waals surface area (Å²) < 4.78 is 0. The van der Waals surface area contributed by atoms with E-state index in [2.05, 4.69) is 53.2 Å². The van der Waals surface area contributed by atoms with Gasteiger partial charge in [0.15, 0.2) is 5.96 Å². The molecule has 0 spiro atoms. The van der Waals surface area contributed by atoms with E-state index in [1.165, 1.54) is 9.88 Å². The molecule has 0 radical (unpaired) electrons. The van der Waals surface area contributed by atoms with Crippen molar-refractivity contribution in [2.24, 2.45) is 4.99 Å². The lowest BCUT2D eigenvalue weighted by molar-refractivity contribution is 0.122. The summed E-state index contributed by atoms with van der Waals surface area (Å²) in [6.45, 7) is 13.7. The van der Waals surface area contributed by atoms with Crippen molar-refractivity contribution >= 4 is 17.3 Å². The van der Waals surface area contributed by atoms with E-state index in [9.17, 15) is 0 Å². The SMILES string of the molecule is CCNC(=NCC(C)N1CCN(C)CC1)NCCc1ncc(CC)s1. The first-order valence-corrected chi connectivity index (χ1v) is 10.3. The predicted molar refractivity (Wildman–Crippen MR) is 108 cm³/mol. The fourth-order valence-corrected chi connectivity index (χ4v) is 3.72. The zero-order valence-electron chi connectivity index (χ0n) is 16.2. The average molecular weight is 367 g/mol. The van der Waals surface area contributed by atoms with Crippen LogP contribution in [0.3, 0.4) is 0 Å². The van der Waals surface area contributed by atoms with Gasteiger partial charge in [0, 0.05) is 62.8 Å². The number of aryl methyl sites for hydroxylation is 1. The zero-order valence-corrected chi connectivity index (χ0v) is 17.0. The van der Waals surface area contributed by atoms with Crippen LogP contribution in [0.25, 0.3) is 0 Å². The van der Waals surface area contributed by atoms with Gasteiger partial charge in [-0.25, -0.2) is 4.98 Å². The van der Waals surface area contributed by atoms with Crippen LogP contribution in [-0.2, 0) is 12.8 Å². The molecule has 2 N–H and O–H groups in total. The van der Waals surface area contributed by atoms with Crippen LogP contribution >= 0.6 is 11.3 Å². The topological polar surface area (TPSA) is 55.8 Å². The summed E-state index contributed by atoms with van der Waals surface area (Å²) in [7, 11) is 2.19. The number of nitrogens with zero attached hydrogens (tertiary/aromatic N) is 4. The van der Waals surface area contributed by atoms with Crippen molar-refractivity contribution in [1.82, 2.24) is 25.4 Å². The number of likely N-dealkylation sites (N-methyl/N-ethyl adjacent to an activating group) is 1. The zero-order chi connectivity index (χ0) is 18.1. The summed E-state index contributed by atoms with van der Waals surface area (Å²) in [4.78, 5) is 15.5. The van der Waals surface area contributed by atoms with Crippen molar-refractivity contribution in [3.05, 3.63) is 16.1 Å². The van der Waals surface area contributed by atoms with E-state index >= 15 is 0 Å². The van der Waals surface area contributed by atoms with E-state index in [-0.39, 0.29) is 0 Å².